The number of nitrogens with one attached hydrogen (secondary N) is 1. The van der Waals surface area contributed by atoms with Crippen molar-refractivity contribution in [3.8, 4) is 5.88 Å². The summed E-state index contributed by atoms with van der Waals surface area (Å²) < 4.78 is 78.2. The Hall–Kier alpha value is -1.78. The van der Waals surface area contributed by atoms with Crippen LogP contribution in [-0.4, -0.2) is 38.4 Å². The van der Waals surface area contributed by atoms with E-state index < -0.39 is 29.6 Å². The van der Waals surface area contributed by atoms with Crippen LogP contribution in [-0.2, 0) is 0 Å². The van der Waals surface area contributed by atoms with Gasteiger partial charge in [-0.25, -0.2) is 4.98 Å². The molecule has 2 aromatic rings. The summed E-state index contributed by atoms with van der Waals surface area (Å²) in [6, 6.07) is 0. The van der Waals surface area contributed by atoms with Crippen LogP contribution in [0, 0.1) is 0 Å². The molecule has 0 saturated heterocycles. The summed E-state index contributed by atoms with van der Waals surface area (Å²) in [7, 11) is 0. The molecule has 0 bridgehead atoms. The van der Waals surface area contributed by atoms with Crippen molar-refractivity contribution in [1.82, 2.24) is 19.9 Å². The summed E-state index contributed by atoms with van der Waals surface area (Å²) in [5.74, 6) is -0.989. The molecule has 0 radical (unpaired) electrons. The van der Waals surface area contributed by atoms with Gasteiger partial charge in [-0.2, -0.15) is 36.3 Å². The van der Waals surface area contributed by atoms with Gasteiger partial charge in [-0.1, -0.05) is 0 Å². The quantitative estimate of drug-likeness (QED) is 0.682. The first-order valence-corrected chi connectivity index (χ1v) is 5.13. The Kier molecular flexibility index (Phi) is 3.40. The number of halogens is 7. The first kappa shape index (κ1) is 14.6. The van der Waals surface area contributed by atoms with Crippen LogP contribution in [0.25, 0.3) is 11.2 Å². The van der Waals surface area contributed by atoms with Gasteiger partial charge in [0.25, 0.3) is 6.10 Å². The average Bonchev–Trinajstić information content (AvgIpc) is 2.69. The van der Waals surface area contributed by atoms with E-state index in [1.165, 1.54) is 0 Å². The molecule has 0 saturated carbocycles. The maximum atomic E-state index is 12.4. The molecule has 2 heterocycles. The lowest BCUT2D eigenvalue weighted by atomic mass is 10.3. The van der Waals surface area contributed by atoms with E-state index in [0.29, 0.717) is 0 Å². The summed E-state index contributed by atoms with van der Waals surface area (Å²) in [6.07, 6.45) is -14.4. The molecule has 110 valence electrons. The van der Waals surface area contributed by atoms with Crippen molar-refractivity contribution < 1.29 is 31.1 Å². The van der Waals surface area contributed by atoms with Crippen LogP contribution in [0.15, 0.2) is 6.33 Å². The highest BCUT2D eigenvalue weighted by Gasteiger charge is 2.59. The number of H-pyrrole nitrogens is 1. The van der Waals surface area contributed by atoms with E-state index >= 15 is 0 Å². The monoisotopic (exact) mass is 320 g/mol. The smallest absolute Gasteiger partial charge is 0.434 e. The minimum Gasteiger partial charge on any atom is -0.453 e. The second-order valence-corrected chi connectivity index (χ2v) is 3.82. The Morgan fingerprint density at radius 1 is 1.10 bits per heavy atom. The van der Waals surface area contributed by atoms with Gasteiger partial charge in [0.05, 0.1) is 6.33 Å². The normalized spacial score (nSPS) is 13.2. The first-order valence-electron chi connectivity index (χ1n) is 4.75. The van der Waals surface area contributed by atoms with Crippen LogP contribution in [0.2, 0.25) is 5.28 Å². The number of alkyl halides is 6. The number of imidazole rings is 1. The fraction of sp³-hybridized carbons (Fsp3) is 0.375. The molecule has 0 spiro atoms. The number of hydrogen-bond donors (Lipinski definition) is 1. The second kappa shape index (κ2) is 4.65. The molecular weight excluding hydrogens is 318 g/mol. The predicted octanol–water partition coefficient (Wildman–Crippen LogP) is 2.88. The third-order valence-corrected chi connectivity index (χ3v) is 2.22. The standard InChI is InChI=1S/C8H3ClF6N4O/c9-6-18-3-2(16-1-17-3)4(19-6)20-5(7(10,11)12)8(13,14)15/h1,5H,(H,16,17,18,19). The Morgan fingerprint density at radius 2 is 1.70 bits per heavy atom. The van der Waals surface area contributed by atoms with E-state index in [9.17, 15) is 26.3 Å². The molecule has 2 aromatic heterocycles. The second-order valence-electron chi connectivity index (χ2n) is 3.48. The number of nitrogens with zero attached hydrogens (tertiary/aromatic N) is 3. The minimum absolute atomic E-state index is 0.219. The highest BCUT2D eigenvalue weighted by atomic mass is 35.5. The molecule has 0 atom stereocenters. The van der Waals surface area contributed by atoms with Gasteiger partial charge in [0.1, 0.15) is 5.52 Å². The Balaban J connectivity index is 2.46. The van der Waals surface area contributed by atoms with Crippen LogP contribution < -0.4 is 4.74 Å². The van der Waals surface area contributed by atoms with Crippen LogP contribution in [0.5, 0.6) is 5.88 Å². The lowest BCUT2D eigenvalue weighted by Gasteiger charge is -2.23. The summed E-state index contributed by atoms with van der Waals surface area (Å²) in [4.78, 5) is 12.5. The number of aromatic amines is 1. The number of hydrogen-bond acceptors (Lipinski definition) is 4. The summed E-state index contributed by atoms with van der Waals surface area (Å²) in [5.41, 5.74) is -0.545. The van der Waals surface area contributed by atoms with Crippen molar-refractivity contribution >= 4 is 22.8 Å². The van der Waals surface area contributed by atoms with Crippen LogP contribution in [0.1, 0.15) is 0 Å². The zero-order valence-corrected chi connectivity index (χ0v) is 9.81. The lowest BCUT2D eigenvalue weighted by Crippen LogP contribution is -2.46. The molecule has 0 aliphatic heterocycles. The van der Waals surface area contributed by atoms with Crippen LogP contribution in [0.3, 0.4) is 0 Å². The van der Waals surface area contributed by atoms with Gasteiger partial charge in [-0.3, -0.25) is 0 Å². The van der Waals surface area contributed by atoms with Crippen molar-refractivity contribution in [3.05, 3.63) is 11.6 Å². The lowest BCUT2D eigenvalue weighted by molar-refractivity contribution is -0.300. The van der Waals surface area contributed by atoms with Crippen LogP contribution in [0.4, 0.5) is 26.3 Å². The molecule has 0 amide bonds. The molecule has 20 heavy (non-hydrogen) atoms. The SMILES string of the molecule is FC(F)(F)C(Oc1nc(Cl)nc2nc[nH]c12)C(F)(F)F. The Bertz CT molecular complexity index is 609. The van der Waals surface area contributed by atoms with Gasteiger partial charge >= 0.3 is 12.4 Å². The molecule has 5 nitrogen and oxygen atoms in total. The molecule has 0 aliphatic rings. The maximum absolute atomic E-state index is 12.4. The molecule has 12 heteroatoms. The third-order valence-electron chi connectivity index (χ3n) is 2.05. The number of fused-ring (bicyclic) bond motifs is 1. The van der Waals surface area contributed by atoms with E-state index in [1.54, 1.807) is 0 Å². The number of ether oxygens (including phenoxy) is 1. The van der Waals surface area contributed by atoms with Gasteiger partial charge in [-0.15, -0.1) is 0 Å². The minimum atomic E-state index is -5.66. The molecule has 1 N–H and O–H groups in total. The van der Waals surface area contributed by atoms with Crippen molar-refractivity contribution in [2.75, 3.05) is 0 Å². The summed E-state index contributed by atoms with van der Waals surface area (Å²) in [6.45, 7) is 0. The molecular formula is C8H3ClF6N4O. The summed E-state index contributed by atoms with van der Waals surface area (Å²) in [5, 5.41) is -0.595. The highest BCUT2D eigenvalue weighted by Crippen LogP contribution is 2.37. The van der Waals surface area contributed by atoms with E-state index in [2.05, 4.69) is 24.7 Å². The number of aromatic nitrogens is 4. The number of rotatable bonds is 2. The van der Waals surface area contributed by atoms with Gasteiger partial charge in [0.15, 0.2) is 5.65 Å². The van der Waals surface area contributed by atoms with Gasteiger partial charge < -0.3 is 9.72 Å². The Labute approximate surface area is 110 Å². The Morgan fingerprint density at radius 3 is 2.25 bits per heavy atom. The van der Waals surface area contributed by atoms with E-state index in [-0.39, 0.29) is 11.2 Å². The van der Waals surface area contributed by atoms with E-state index in [0.717, 1.165) is 6.33 Å². The van der Waals surface area contributed by atoms with Gasteiger partial charge in [0, 0.05) is 0 Å². The molecule has 0 fully saturated rings. The zero-order valence-electron chi connectivity index (χ0n) is 9.05. The van der Waals surface area contributed by atoms with Crippen molar-refractivity contribution in [3.63, 3.8) is 0 Å². The molecule has 0 aliphatic carbocycles. The topological polar surface area (TPSA) is 63.7 Å². The first-order chi connectivity index (χ1) is 9.09. The average molecular weight is 321 g/mol. The molecule has 2 rings (SSSR count). The van der Waals surface area contributed by atoms with Gasteiger partial charge in [-0.05, 0) is 11.6 Å². The van der Waals surface area contributed by atoms with E-state index in [1.807, 2.05) is 0 Å². The third kappa shape index (κ3) is 2.86. The van der Waals surface area contributed by atoms with Crippen molar-refractivity contribution in [1.29, 1.82) is 0 Å². The van der Waals surface area contributed by atoms with Gasteiger partial charge in [0.2, 0.25) is 11.2 Å². The fourth-order valence-corrected chi connectivity index (χ4v) is 1.45. The summed E-state index contributed by atoms with van der Waals surface area (Å²) >= 11 is 5.37. The van der Waals surface area contributed by atoms with Crippen molar-refractivity contribution in [2.45, 2.75) is 18.5 Å². The largest absolute Gasteiger partial charge is 0.453 e. The van der Waals surface area contributed by atoms with E-state index in [4.69, 9.17) is 11.6 Å². The molecule has 0 aromatic carbocycles. The highest BCUT2D eigenvalue weighted by molar-refractivity contribution is 6.28. The van der Waals surface area contributed by atoms with Crippen LogP contribution >= 0.6 is 11.6 Å². The predicted molar refractivity (Wildman–Crippen MR) is 53.2 cm³/mol. The molecule has 0 unspecified atom stereocenters. The maximum Gasteiger partial charge on any atom is 0.434 e. The fourth-order valence-electron chi connectivity index (χ4n) is 1.30. The van der Waals surface area contributed by atoms with Crippen molar-refractivity contribution in [2.24, 2.45) is 0 Å². The zero-order chi connectivity index (χ0) is 15.1.